The molecule has 1 aliphatic rings. The van der Waals surface area contributed by atoms with Gasteiger partial charge in [-0.2, -0.15) is 15.1 Å². The smallest absolute Gasteiger partial charge is 0.254 e. The van der Waals surface area contributed by atoms with Gasteiger partial charge in [0, 0.05) is 31.4 Å². The van der Waals surface area contributed by atoms with Crippen LogP contribution in [0, 0.1) is 6.92 Å². The molecule has 1 unspecified atom stereocenters. The molecule has 2 N–H and O–H groups in total. The first-order valence-electron chi connectivity index (χ1n) is 11.1. The fourth-order valence-electron chi connectivity index (χ4n) is 4.13. The summed E-state index contributed by atoms with van der Waals surface area (Å²) in [5.74, 6) is 1.46. The van der Waals surface area contributed by atoms with E-state index in [4.69, 9.17) is 19.8 Å². The number of hydrogen-bond donors (Lipinski definition) is 2. The minimum atomic E-state index is -1.10. The van der Waals surface area contributed by atoms with Crippen LogP contribution in [0.15, 0.2) is 36.5 Å². The first-order chi connectivity index (χ1) is 16.1. The topological polar surface area (TPSA) is 114 Å². The molecule has 10 nitrogen and oxygen atoms in total. The lowest BCUT2D eigenvalue weighted by atomic mass is 10.1. The highest BCUT2D eigenvalue weighted by Gasteiger charge is 2.25. The Morgan fingerprint density at radius 1 is 1.12 bits per heavy atom. The predicted molar refractivity (Wildman–Crippen MR) is 123 cm³/mol. The van der Waals surface area contributed by atoms with E-state index in [1.54, 1.807) is 4.68 Å². The molecule has 0 radical (unpaired) electrons. The number of aliphatic hydroxyl groups excluding tert-OH is 2. The van der Waals surface area contributed by atoms with Crippen LogP contribution in [0.3, 0.4) is 0 Å². The Hall–Kier alpha value is -3.34. The van der Waals surface area contributed by atoms with Crippen molar-refractivity contribution in [2.24, 2.45) is 0 Å². The van der Waals surface area contributed by atoms with Gasteiger partial charge in [-0.25, -0.2) is 9.67 Å². The van der Waals surface area contributed by atoms with Gasteiger partial charge in [0.25, 0.3) is 5.95 Å². The Morgan fingerprint density at radius 3 is 2.67 bits per heavy atom. The molecule has 172 valence electrons. The van der Waals surface area contributed by atoms with Crippen LogP contribution in [0.5, 0.6) is 0 Å². The van der Waals surface area contributed by atoms with E-state index in [0.29, 0.717) is 61.6 Å². The van der Waals surface area contributed by atoms with Crippen LogP contribution in [0.2, 0.25) is 0 Å². The van der Waals surface area contributed by atoms with Crippen molar-refractivity contribution in [2.75, 3.05) is 37.8 Å². The molecule has 0 bridgehead atoms. The summed E-state index contributed by atoms with van der Waals surface area (Å²) in [6.07, 6.45) is 0.746. The van der Waals surface area contributed by atoms with E-state index in [1.807, 2.05) is 35.9 Å². The Kier molecular flexibility index (Phi) is 5.79. The number of aliphatic hydroxyl groups is 2. The average molecular weight is 450 g/mol. The van der Waals surface area contributed by atoms with Gasteiger partial charge in [0.15, 0.2) is 17.0 Å². The highest BCUT2D eigenvalue weighted by molar-refractivity contribution is 5.85. The zero-order chi connectivity index (χ0) is 22.9. The number of nitrogens with zero attached hydrogens (tertiary/aromatic N) is 7. The van der Waals surface area contributed by atoms with Crippen LogP contribution in [0.4, 0.5) is 5.82 Å². The Balaban J connectivity index is 1.66. The molecule has 1 saturated heterocycles. The van der Waals surface area contributed by atoms with E-state index in [1.165, 1.54) is 0 Å². The van der Waals surface area contributed by atoms with Crippen LogP contribution >= 0.6 is 0 Å². The lowest BCUT2D eigenvalue weighted by molar-refractivity contribution is 0.0861. The molecule has 0 saturated carbocycles. The average Bonchev–Trinajstić information content (AvgIpc) is 3.48. The molecule has 1 fully saturated rings. The molecule has 4 aromatic rings. The van der Waals surface area contributed by atoms with E-state index >= 15 is 0 Å². The molecule has 4 heterocycles. The van der Waals surface area contributed by atoms with E-state index in [0.717, 1.165) is 16.8 Å². The Bertz CT molecular complexity index is 1280. The van der Waals surface area contributed by atoms with Gasteiger partial charge >= 0.3 is 0 Å². The second-order valence-corrected chi connectivity index (χ2v) is 8.05. The highest BCUT2D eigenvalue weighted by Crippen LogP contribution is 2.29. The van der Waals surface area contributed by atoms with Gasteiger partial charge in [0.05, 0.1) is 25.5 Å². The molecule has 33 heavy (non-hydrogen) atoms. The zero-order valence-electron chi connectivity index (χ0n) is 18.7. The highest BCUT2D eigenvalue weighted by atomic mass is 16.5. The number of rotatable bonds is 6. The number of imidazole rings is 1. The van der Waals surface area contributed by atoms with Crippen molar-refractivity contribution in [3.63, 3.8) is 0 Å². The summed E-state index contributed by atoms with van der Waals surface area (Å²) in [6.45, 7) is 6.67. The molecule has 10 heteroatoms. The van der Waals surface area contributed by atoms with Crippen molar-refractivity contribution in [1.82, 2.24) is 29.3 Å². The lowest BCUT2D eigenvalue weighted by Crippen LogP contribution is -2.37. The van der Waals surface area contributed by atoms with Crippen LogP contribution < -0.4 is 4.90 Å². The van der Waals surface area contributed by atoms with Gasteiger partial charge in [0.1, 0.15) is 11.9 Å². The van der Waals surface area contributed by atoms with Gasteiger partial charge in [-0.3, -0.25) is 0 Å². The summed E-state index contributed by atoms with van der Waals surface area (Å²) < 4.78 is 8.99. The third-order valence-corrected chi connectivity index (χ3v) is 5.80. The maximum Gasteiger partial charge on any atom is 0.254 e. The van der Waals surface area contributed by atoms with Crippen molar-refractivity contribution in [2.45, 2.75) is 26.5 Å². The number of aryl methyl sites for hydroxylation is 2. The zero-order valence-corrected chi connectivity index (χ0v) is 18.7. The van der Waals surface area contributed by atoms with E-state index in [-0.39, 0.29) is 0 Å². The molecule has 1 aromatic carbocycles. The number of morpholine rings is 1. The number of anilines is 1. The van der Waals surface area contributed by atoms with Gasteiger partial charge in [-0.15, -0.1) is 0 Å². The van der Waals surface area contributed by atoms with Gasteiger partial charge in [-0.05, 0) is 26.0 Å². The quantitative estimate of drug-likeness (QED) is 0.459. The van der Waals surface area contributed by atoms with Crippen LogP contribution in [-0.2, 0) is 11.3 Å². The first-order valence-corrected chi connectivity index (χ1v) is 11.1. The van der Waals surface area contributed by atoms with Crippen molar-refractivity contribution in [3.05, 3.63) is 47.9 Å². The van der Waals surface area contributed by atoms with E-state index < -0.39 is 12.7 Å². The fourth-order valence-corrected chi connectivity index (χ4v) is 4.13. The van der Waals surface area contributed by atoms with Crippen molar-refractivity contribution in [1.29, 1.82) is 0 Å². The number of fused-ring (bicyclic) bond motifs is 1. The molecular weight excluding hydrogens is 422 g/mol. The number of benzene rings is 1. The van der Waals surface area contributed by atoms with Crippen molar-refractivity contribution in [3.8, 4) is 17.2 Å². The number of aromatic nitrogens is 6. The van der Waals surface area contributed by atoms with Crippen LogP contribution in [0.25, 0.3) is 28.4 Å². The summed E-state index contributed by atoms with van der Waals surface area (Å²) in [5.41, 5.74) is 4.21. The third-order valence-electron chi connectivity index (χ3n) is 5.80. The summed E-state index contributed by atoms with van der Waals surface area (Å²) >= 11 is 0. The minimum absolute atomic E-state index is 0.372. The molecule has 0 spiro atoms. The van der Waals surface area contributed by atoms with Crippen molar-refractivity contribution < 1.29 is 14.9 Å². The number of ether oxygens (including phenoxy) is 1. The van der Waals surface area contributed by atoms with Gasteiger partial charge < -0.3 is 24.4 Å². The summed E-state index contributed by atoms with van der Waals surface area (Å²) in [6, 6.07) is 10.1. The molecule has 1 atom stereocenters. The standard InChI is InChI=1S/C23H27N7O3/c1-3-29-20(18(32)14-31)24-19-21(28-9-11-33-12-10-28)25-23(26-22(19)29)30-8-7-17(27-30)16-6-4-5-15(2)13-16/h4-8,13,18,31-32H,3,9-12,14H2,1-2H3. The van der Waals surface area contributed by atoms with Crippen molar-refractivity contribution >= 4 is 17.0 Å². The maximum atomic E-state index is 10.3. The van der Waals surface area contributed by atoms with E-state index in [2.05, 4.69) is 28.9 Å². The normalized spacial score (nSPS) is 15.3. The maximum absolute atomic E-state index is 10.3. The van der Waals surface area contributed by atoms with Crippen LogP contribution in [-0.4, -0.2) is 72.4 Å². The van der Waals surface area contributed by atoms with Gasteiger partial charge in [0.2, 0.25) is 0 Å². The second kappa shape index (κ2) is 8.89. The second-order valence-electron chi connectivity index (χ2n) is 8.05. The Morgan fingerprint density at radius 2 is 1.94 bits per heavy atom. The fraction of sp³-hybridized carbons (Fsp3) is 0.391. The largest absolute Gasteiger partial charge is 0.393 e. The summed E-state index contributed by atoms with van der Waals surface area (Å²) in [5, 5.41) is 24.6. The molecular formula is C23H27N7O3. The molecule has 1 aliphatic heterocycles. The summed E-state index contributed by atoms with van der Waals surface area (Å²) in [4.78, 5) is 16.4. The summed E-state index contributed by atoms with van der Waals surface area (Å²) in [7, 11) is 0. The predicted octanol–water partition coefficient (Wildman–Crippen LogP) is 1.87. The lowest BCUT2D eigenvalue weighted by Gasteiger charge is -2.28. The molecule has 0 amide bonds. The SMILES string of the molecule is CCn1c(C(O)CO)nc2c(N3CCOCC3)nc(-n3ccc(-c4cccc(C)c4)n3)nc21. The monoisotopic (exact) mass is 449 g/mol. The molecule has 3 aromatic heterocycles. The van der Waals surface area contributed by atoms with Gasteiger partial charge in [-0.1, -0.05) is 23.8 Å². The third kappa shape index (κ3) is 3.97. The van der Waals surface area contributed by atoms with Crippen LogP contribution in [0.1, 0.15) is 24.4 Å². The Labute approximate surface area is 191 Å². The minimum Gasteiger partial charge on any atom is -0.393 e. The molecule has 5 rings (SSSR count). The molecule has 0 aliphatic carbocycles. The van der Waals surface area contributed by atoms with E-state index in [9.17, 15) is 10.2 Å². The first kappa shape index (κ1) is 21.5. The number of hydrogen-bond acceptors (Lipinski definition) is 8.